The van der Waals surface area contributed by atoms with Gasteiger partial charge in [-0.1, -0.05) is 13.0 Å². The first-order chi connectivity index (χ1) is 9.11. The maximum absolute atomic E-state index is 12.1. The molecule has 19 heavy (non-hydrogen) atoms. The van der Waals surface area contributed by atoms with Gasteiger partial charge in [-0.15, -0.1) is 0 Å². The number of anilines is 1. The summed E-state index contributed by atoms with van der Waals surface area (Å²) in [4.78, 5) is 12.1. The smallest absolute Gasteiger partial charge is 0.225 e. The number of benzene rings is 1. The monoisotopic (exact) mass is 262 g/mol. The maximum Gasteiger partial charge on any atom is 0.225 e. The molecule has 4 nitrogen and oxygen atoms in total. The number of nitrogens with one attached hydrogen (secondary N) is 1. The van der Waals surface area contributed by atoms with Crippen LogP contribution in [0.1, 0.15) is 36.9 Å². The highest BCUT2D eigenvalue weighted by molar-refractivity contribution is 5.79. The highest BCUT2D eigenvalue weighted by Gasteiger charge is 2.23. The zero-order valence-corrected chi connectivity index (χ0v) is 11.6. The Kier molecular flexibility index (Phi) is 4.43. The van der Waals surface area contributed by atoms with Gasteiger partial charge in [-0.25, -0.2) is 0 Å². The molecule has 0 saturated carbocycles. The number of amides is 1. The van der Waals surface area contributed by atoms with Crippen molar-refractivity contribution in [3.05, 3.63) is 29.3 Å². The molecule has 1 aliphatic rings. The molecule has 1 aromatic rings. The quantitative estimate of drug-likeness (QED) is 0.816. The van der Waals surface area contributed by atoms with Gasteiger partial charge in [0.25, 0.3) is 0 Å². The standard InChI is InChI=1S/C15H22N2O2/c1-10(9-19-2)15(18)17-14-5-3-4-11-8-12(16)6-7-13(11)14/h6-8,10,14H,3-5,9,16H2,1-2H3,(H,17,18). The number of hydrogen-bond donors (Lipinski definition) is 2. The molecule has 1 aliphatic carbocycles. The fourth-order valence-electron chi connectivity index (χ4n) is 2.62. The molecule has 0 aliphatic heterocycles. The number of ether oxygens (including phenoxy) is 1. The van der Waals surface area contributed by atoms with Crippen molar-refractivity contribution in [1.29, 1.82) is 0 Å². The number of carbonyl (C=O) groups excluding carboxylic acids is 1. The summed E-state index contributed by atoms with van der Waals surface area (Å²) in [7, 11) is 1.61. The minimum absolute atomic E-state index is 0.0523. The number of nitrogen functional groups attached to an aromatic ring is 1. The molecule has 1 aromatic carbocycles. The molecule has 0 saturated heterocycles. The van der Waals surface area contributed by atoms with Gasteiger partial charge < -0.3 is 15.8 Å². The van der Waals surface area contributed by atoms with Gasteiger partial charge in [0.1, 0.15) is 0 Å². The Morgan fingerprint density at radius 1 is 1.58 bits per heavy atom. The van der Waals surface area contributed by atoms with Gasteiger partial charge in [0.05, 0.1) is 18.6 Å². The van der Waals surface area contributed by atoms with E-state index in [1.807, 2.05) is 25.1 Å². The first-order valence-corrected chi connectivity index (χ1v) is 6.79. The summed E-state index contributed by atoms with van der Waals surface area (Å²) in [5.41, 5.74) is 9.07. The Balaban J connectivity index is 2.09. The molecular weight excluding hydrogens is 240 g/mol. The molecule has 4 heteroatoms. The Morgan fingerprint density at radius 3 is 3.11 bits per heavy atom. The molecule has 0 spiro atoms. The molecule has 2 rings (SSSR count). The third kappa shape index (κ3) is 3.26. The van der Waals surface area contributed by atoms with Gasteiger partial charge in [-0.3, -0.25) is 4.79 Å². The number of aryl methyl sites for hydroxylation is 1. The normalized spacial score (nSPS) is 19.6. The molecule has 2 atom stereocenters. The van der Waals surface area contributed by atoms with E-state index in [0.717, 1.165) is 24.9 Å². The SMILES string of the molecule is COCC(C)C(=O)NC1CCCc2cc(N)ccc21. The van der Waals surface area contributed by atoms with E-state index < -0.39 is 0 Å². The number of carbonyl (C=O) groups is 1. The van der Waals surface area contributed by atoms with Crippen LogP contribution < -0.4 is 11.1 Å². The molecule has 0 heterocycles. The first-order valence-electron chi connectivity index (χ1n) is 6.79. The van der Waals surface area contributed by atoms with E-state index in [2.05, 4.69) is 5.32 Å². The predicted molar refractivity (Wildman–Crippen MR) is 75.7 cm³/mol. The van der Waals surface area contributed by atoms with Gasteiger partial charge in [0.2, 0.25) is 5.91 Å². The fourth-order valence-corrected chi connectivity index (χ4v) is 2.62. The van der Waals surface area contributed by atoms with Gasteiger partial charge in [-0.2, -0.15) is 0 Å². The van der Waals surface area contributed by atoms with Crippen LogP contribution in [-0.4, -0.2) is 19.6 Å². The number of fused-ring (bicyclic) bond motifs is 1. The van der Waals surface area contributed by atoms with E-state index in [9.17, 15) is 4.79 Å². The lowest BCUT2D eigenvalue weighted by molar-refractivity contribution is -0.126. The Bertz CT molecular complexity index is 459. The van der Waals surface area contributed by atoms with Crippen molar-refractivity contribution in [2.75, 3.05) is 19.5 Å². The van der Waals surface area contributed by atoms with E-state index >= 15 is 0 Å². The van der Waals surface area contributed by atoms with Crippen LogP contribution in [0.4, 0.5) is 5.69 Å². The summed E-state index contributed by atoms with van der Waals surface area (Å²) in [6.45, 7) is 2.33. The topological polar surface area (TPSA) is 64.3 Å². The lowest BCUT2D eigenvalue weighted by atomic mass is 9.87. The Labute approximate surface area is 114 Å². The van der Waals surface area contributed by atoms with Gasteiger partial charge in [-0.05, 0) is 42.5 Å². The van der Waals surface area contributed by atoms with Crippen molar-refractivity contribution in [2.24, 2.45) is 5.92 Å². The van der Waals surface area contributed by atoms with Gasteiger partial charge >= 0.3 is 0 Å². The second-order valence-corrected chi connectivity index (χ2v) is 5.27. The first kappa shape index (κ1) is 13.9. The van der Waals surface area contributed by atoms with Crippen LogP contribution in [0.15, 0.2) is 18.2 Å². The molecule has 0 bridgehead atoms. The van der Waals surface area contributed by atoms with E-state index in [-0.39, 0.29) is 17.9 Å². The molecule has 2 unspecified atom stereocenters. The Hall–Kier alpha value is -1.55. The van der Waals surface area contributed by atoms with Crippen molar-refractivity contribution in [3.63, 3.8) is 0 Å². The number of nitrogens with two attached hydrogens (primary N) is 1. The van der Waals surface area contributed by atoms with Crippen molar-refractivity contribution in [2.45, 2.75) is 32.2 Å². The van der Waals surface area contributed by atoms with Crippen LogP contribution in [-0.2, 0) is 16.0 Å². The summed E-state index contributed by atoms with van der Waals surface area (Å²) in [6.07, 6.45) is 3.11. The Morgan fingerprint density at radius 2 is 2.37 bits per heavy atom. The summed E-state index contributed by atoms with van der Waals surface area (Å²) in [6, 6.07) is 6.07. The molecule has 0 radical (unpaired) electrons. The third-order valence-electron chi connectivity index (χ3n) is 3.66. The third-order valence-corrected chi connectivity index (χ3v) is 3.66. The van der Waals surface area contributed by atoms with Gasteiger partial charge in [0.15, 0.2) is 0 Å². The van der Waals surface area contributed by atoms with Gasteiger partial charge in [0, 0.05) is 12.8 Å². The second-order valence-electron chi connectivity index (χ2n) is 5.27. The second kappa shape index (κ2) is 6.06. The summed E-state index contributed by atoms with van der Waals surface area (Å²) < 4.78 is 5.02. The van der Waals surface area contributed by atoms with Crippen LogP contribution in [0.5, 0.6) is 0 Å². The number of methoxy groups -OCH3 is 1. The number of hydrogen-bond acceptors (Lipinski definition) is 3. The van der Waals surface area contributed by atoms with Crippen LogP contribution in [0.3, 0.4) is 0 Å². The molecule has 104 valence electrons. The van der Waals surface area contributed by atoms with Crippen LogP contribution in [0.25, 0.3) is 0 Å². The zero-order chi connectivity index (χ0) is 13.8. The highest BCUT2D eigenvalue weighted by atomic mass is 16.5. The van der Waals surface area contributed by atoms with E-state index in [1.165, 1.54) is 11.1 Å². The molecule has 0 aromatic heterocycles. The maximum atomic E-state index is 12.1. The van der Waals surface area contributed by atoms with Crippen LogP contribution in [0, 0.1) is 5.92 Å². The summed E-state index contributed by atoms with van der Waals surface area (Å²) in [5, 5.41) is 3.12. The van der Waals surface area contributed by atoms with E-state index in [1.54, 1.807) is 7.11 Å². The lowest BCUT2D eigenvalue weighted by Gasteiger charge is -2.27. The molecule has 0 fully saturated rings. The average molecular weight is 262 g/mol. The zero-order valence-electron chi connectivity index (χ0n) is 11.6. The van der Waals surface area contributed by atoms with Crippen molar-refractivity contribution >= 4 is 11.6 Å². The summed E-state index contributed by atoms with van der Waals surface area (Å²) >= 11 is 0. The van der Waals surface area contributed by atoms with Crippen LogP contribution >= 0.6 is 0 Å². The molecular formula is C15H22N2O2. The van der Waals surface area contributed by atoms with Crippen molar-refractivity contribution in [1.82, 2.24) is 5.32 Å². The highest BCUT2D eigenvalue weighted by Crippen LogP contribution is 2.31. The summed E-state index contributed by atoms with van der Waals surface area (Å²) in [5.74, 6) is -0.0688. The molecule has 1 amide bonds. The molecule has 3 N–H and O–H groups in total. The van der Waals surface area contributed by atoms with Crippen LogP contribution in [0.2, 0.25) is 0 Å². The van der Waals surface area contributed by atoms with E-state index in [4.69, 9.17) is 10.5 Å². The van der Waals surface area contributed by atoms with Crippen molar-refractivity contribution < 1.29 is 9.53 Å². The lowest BCUT2D eigenvalue weighted by Crippen LogP contribution is -2.36. The van der Waals surface area contributed by atoms with Crippen molar-refractivity contribution in [3.8, 4) is 0 Å². The largest absolute Gasteiger partial charge is 0.399 e. The fraction of sp³-hybridized carbons (Fsp3) is 0.533. The van der Waals surface area contributed by atoms with E-state index in [0.29, 0.717) is 6.61 Å². The predicted octanol–water partition coefficient (Wildman–Crippen LogP) is 2.04. The minimum Gasteiger partial charge on any atom is -0.399 e. The minimum atomic E-state index is -0.121. The number of rotatable bonds is 4. The average Bonchev–Trinajstić information content (AvgIpc) is 2.38.